The van der Waals surface area contributed by atoms with Gasteiger partial charge in [-0.25, -0.2) is 0 Å². The van der Waals surface area contributed by atoms with E-state index in [0.29, 0.717) is 6.04 Å². The Morgan fingerprint density at radius 3 is 2.30 bits per heavy atom. The highest BCUT2D eigenvalue weighted by Gasteiger charge is 2.36. The van der Waals surface area contributed by atoms with Crippen molar-refractivity contribution in [3.05, 3.63) is 0 Å². The van der Waals surface area contributed by atoms with Gasteiger partial charge in [0.15, 0.2) is 0 Å². The van der Waals surface area contributed by atoms with Crippen LogP contribution in [0.1, 0.15) is 72.1 Å². The van der Waals surface area contributed by atoms with Gasteiger partial charge in [-0.05, 0) is 57.5 Å². The van der Waals surface area contributed by atoms with Crippen LogP contribution in [0.3, 0.4) is 0 Å². The molecule has 118 valence electrons. The summed E-state index contributed by atoms with van der Waals surface area (Å²) in [5.41, 5.74) is 0. The molecule has 2 aliphatic carbocycles. The van der Waals surface area contributed by atoms with Crippen molar-refractivity contribution in [2.24, 2.45) is 11.8 Å². The highest BCUT2D eigenvalue weighted by atomic mass is 15.2. The maximum atomic E-state index is 3.63. The molecule has 20 heavy (non-hydrogen) atoms. The number of hydrogen-bond donors (Lipinski definition) is 1. The Morgan fingerprint density at radius 1 is 1.05 bits per heavy atom. The van der Waals surface area contributed by atoms with Crippen LogP contribution in [-0.2, 0) is 0 Å². The summed E-state index contributed by atoms with van der Waals surface area (Å²) in [5, 5.41) is 3.63. The Morgan fingerprint density at radius 2 is 1.75 bits per heavy atom. The molecule has 0 radical (unpaired) electrons. The van der Waals surface area contributed by atoms with Gasteiger partial charge in [0.25, 0.3) is 0 Å². The second-order valence-corrected chi connectivity index (χ2v) is 7.40. The number of likely N-dealkylation sites (N-methyl/N-ethyl adjacent to an activating group) is 2. The van der Waals surface area contributed by atoms with Crippen LogP contribution >= 0.6 is 0 Å². The Kier molecular flexibility index (Phi) is 6.35. The van der Waals surface area contributed by atoms with Crippen LogP contribution in [-0.4, -0.2) is 36.6 Å². The third kappa shape index (κ3) is 3.76. The monoisotopic (exact) mass is 280 g/mol. The molecular weight excluding hydrogens is 244 g/mol. The van der Waals surface area contributed by atoms with E-state index in [0.717, 1.165) is 23.9 Å². The fraction of sp³-hybridized carbons (Fsp3) is 1.00. The van der Waals surface area contributed by atoms with Crippen LogP contribution in [0, 0.1) is 11.8 Å². The lowest BCUT2D eigenvalue weighted by Gasteiger charge is -2.47. The molecule has 0 heterocycles. The normalized spacial score (nSPS) is 33.0. The lowest BCUT2D eigenvalue weighted by atomic mass is 9.75. The van der Waals surface area contributed by atoms with Gasteiger partial charge in [-0.15, -0.1) is 0 Å². The number of nitrogens with zero attached hydrogens (tertiary/aromatic N) is 1. The molecule has 2 saturated carbocycles. The molecular formula is C18H36N2. The highest BCUT2D eigenvalue weighted by Crippen LogP contribution is 2.35. The minimum absolute atomic E-state index is 0.715. The van der Waals surface area contributed by atoms with Gasteiger partial charge in [-0.3, -0.25) is 4.90 Å². The quantitative estimate of drug-likeness (QED) is 0.817. The van der Waals surface area contributed by atoms with Crippen LogP contribution in [0.2, 0.25) is 0 Å². The summed E-state index contributed by atoms with van der Waals surface area (Å²) in [6.07, 6.45) is 11.4. The van der Waals surface area contributed by atoms with Crippen molar-refractivity contribution in [1.29, 1.82) is 0 Å². The third-order valence-corrected chi connectivity index (χ3v) is 6.01. The Balaban J connectivity index is 2.06. The molecule has 0 aromatic carbocycles. The van der Waals surface area contributed by atoms with Gasteiger partial charge in [0.05, 0.1) is 0 Å². The summed E-state index contributed by atoms with van der Waals surface area (Å²) >= 11 is 0. The largest absolute Gasteiger partial charge is 0.315 e. The molecule has 2 heteroatoms. The molecule has 0 aromatic rings. The number of hydrogen-bond acceptors (Lipinski definition) is 2. The van der Waals surface area contributed by atoms with Crippen molar-refractivity contribution >= 4 is 0 Å². The zero-order valence-corrected chi connectivity index (χ0v) is 14.2. The zero-order valence-electron chi connectivity index (χ0n) is 14.2. The molecule has 1 N–H and O–H groups in total. The maximum absolute atomic E-state index is 3.63. The van der Waals surface area contributed by atoms with Crippen molar-refractivity contribution in [1.82, 2.24) is 10.2 Å². The van der Waals surface area contributed by atoms with E-state index in [1.807, 2.05) is 0 Å². The predicted octanol–water partition coefficient (Wildman–Crippen LogP) is 4.05. The van der Waals surface area contributed by atoms with Crippen LogP contribution in [0.25, 0.3) is 0 Å². The molecule has 3 unspecified atom stereocenters. The summed E-state index contributed by atoms with van der Waals surface area (Å²) in [5.74, 6) is 1.78. The van der Waals surface area contributed by atoms with E-state index in [-0.39, 0.29) is 0 Å². The van der Waals surface area contributed by atoms with Crippen molar-refractivity contribution in [3.8, 4) is 0 Å². The van der Waals surface area contributed by atoms with E-state index < -0.39 is 0 Å². The molecule has 2 fully saturated rings. The van der Waals surface area contributed by atoms with E-state index in [1.165, 1.54) is 57.9 Å². The zero-order chi connectivity index (χ0) is 14.5. The van der Waals surface area contributed by atoms with Crippen LogP contribution in [0.4, 0.5) is 0 Å². The molecule has 3 atom stereocenters. The average Bonchev–Trinajstić information content (AvgIpc) is 2.49. The van der Waals surface area contributed by atoms with Crippen LogP contribution in [0.5, 0.6) is 0 Å². The topological polar surface area (TPSA) is 15.3 Å². The van der Waals surface area contributed by atoms with Gasteiger partial charge in [-0.2, -0.15) is 0 Å². The fourth-order valence-electron chi connectivity index (χ4n) is 4.66. The van der Waals surface area contributed by atoms with Gasteiger partial charge < -0.3 is 5.32 Å². The Labute approximate surface area is 126 Å². The number of rotatable bonds is 5. The first kappa shape index (κ1) is 16.3. The molecule has 0 spiro atoms. The second kappa shape index (κ2) is 7.79. The third-order valence-electron chi connectivity index (χ3n) is 6.01. The minimum atomic E-state index is 0.715. The molecule has 2 nitrogen and oxygen atoms in total. The molecule has 0 amide bonds. The summed E-state index contributed by atoms with van der Waals surface area (Å²) in [7, 11) is 2.17. The lowest BCUT2D eigenvalue weighted by Crippen LogP contribution is -2.56. The molecule has 0 aliphatic heterocycles. The first-order chi connectivity index (χ1) is 9.67. The Hall–Kier alpha value is -0.0800. The lowest BCUT2D eigenvalue weighted by molar-refractivity contribution is 0.0423. The molecule has 2 rings (SSSR count). The minimum Gasteiger partial charge on any atom is -0.315 e. The highest BCUT2D eigenvalue weighted by molar-refractivity contribution is 4.93. The SMILES string of the molecule is CCN(C1CCCCC1)C1CC(C(C)C)CCC1NC. The van der Waals surface area contributed by atoms with E-state index in [2.05, 4.69) is 38.0 Å². The van der Waals surface area contributed by atoms with Crippen LogP contribution < -0.4 is 5.32 Å². The van der Waals surface area contributed by atoms with Gasteiger partial charge in [0.2, 0.25) is 0 Å². The summed E-state index contributed by atoms with van der Waals surface area (Å²) in [6, 6.07) is 2.35. The van der Waals surface area contributed by atoms with E-state index in [9.17, 15) is 0 Å². The molecule has 0 bridgehead atoms. The van der Waals surface area contributed by atoms with Crippen molar-refractivity contribution in [2.75, 3.05) is 13.6 Å². The molecule has 2 aliphatic rings. The van der Waals surface area contributed by atoms with Crippen molar-refractivity contribution in [3.63, 3.8) is 0 Å². The second-order valence-electron chi connectivity index (χ2n) is 7.40. The first-order valence-electron chi connectivity index (χ1n) is 9.10. The summed E-state index contributed by atoms with van der Waals surface area (Å²) in [6.45, 7) is 8.44. The Bertz CT molecular complexity index is 271. The van der Waals surface area contributed by atoms with Crippen LogP contribution in [0.15, 0.2) is 0 Å². The van der Waals surface area contributed by atoms with Crippen molar-refractivity contribution in [2.45, 2.75) is 90.3 Å². The van der Waals surface area contributed by atoms with E-state index >= 15 is 0 Å². The van der Waals surface area contributed by atoms with E-state index in [4.69, 9.17) is 0 Å². The van der Waals surface area contributed by atoms with Gasteiger partial charge >= 0.3 is 0 Å². The average molecular weight is 280 g/mol. The van der Waals surface area contributed by atoms with E-state index in [1.54, 1.807) is 0 Å². The molecule has 0 aromatic heterocycles. The molecule has 0 saturated heterocycles. The smallest absolute Gasteiger partial charge is 0.0254 e. The number of nitrogens with one attached hydrogen (secondary N) is 1. The first-order valence-corrected chi connectivity index (χ1v) is 9.10. The summed E-state index contributed by atoms with van der Waals surface area (Å²) < 4.78 is 0. The van der Waals surface area contributed by atoms with Gasteiger partial charge in [0, 0.05) is 18.1 Å². The van der Waals surface area contributed by atoms with Crippen molar-refractivity contribution < 1.29 is 0 Å². The standard InChI is InChI=1S/C18H36N2/c1-5-20(16-9-7-6-8-10-16)18-13-15(14(2)3)11-12-17(18)19-4/h14-19H,5-13H2,1-4H3. The maximum Gasteiger partial charge on any atom is 0.0254 e. The predicted molar refractivity (Wildman–Crippen MR) is 88.1 cm³/mol. The fourth-order valence-corrected chi connectivity index (χ4v) is 4.66. The summed E-state index contributed by atoms with van der Waals surface area (Å²) in [4.78, 5) is 2.87. The van der Waals surface area contributed by atoms with Gasteiger partial charge in [-0.1, -0.05) is 40.0 Å². The van der Waals surface area contributed by atoms with Gasteiger partial charge in [0.1, 0.15) is 0 Å².